The minimum absolute atomic E-state index is 0.519. The molecule has 1 rings (SSSR count). The number of nitrogen functional groups attached to an aromatic ring is 1. The highest BCUT2D eigenvalue weighted by molar-refractivity contribution is 7.90. The van der Waals surface area contributed by atoms with Crippen LogP contribution in [-0.4, -0.2) is 53.7 Å². The Balaban J connectivity index is 3.50. The maximum atomic E-state index is 13.5. The Labute approximate surface area is 172 Å². The van der Waals surface area contributed by atoms with Crippen molar-refractivity contribution in [1.29, 1.82) is 0 Å². The normalized spacial score (nSPS) is 18.1. The van der Waals surface area contributed by atoms with E-state index in [1.54, 1.807) is 0 Å². The molecule has 0 saturated carbocycles. The quantitative estimate of drug-likeness (QED) is 0.382. The zero-order valence-electron chi connectivity index (χ0n) is 14.0. The average molecular weight is 559 g/mol. The topological polar surface area (TPSA) is 113 Å². The molecule has 0 spiro atoms. The first-order valence-electron chi connectivity index (χ1n) is 6.80. The molecular formula is C10H5F12NO6S3. The van der Waals surface area contributed by atoms with E-state index < -0.39 is 88.7 Å². The van der Waals surface area contributed by atoms with Crippen molar-refractivity contribution in [2.75, 3.05) is 5.73 Å². The lowest BCUT2D eigenvalue weighted by molar-refractivity contribution is -0.339. The number of hydrogen-bond acceptors (Lipinski definition) is 8. The van der Waals surface area contributed by atoms with Gasteiger partial charge < -0.3 is 5.73 Å². The van der Waals surface area contributed by atoms with Crippen molar-refractivity contribution < 1.29 is 77.9 Å². The molecular weight excluding hydrogens is 554 g/mol. The maximum Gasteiger partial charge on any atom is 0.455 e. The van der Waals surface area contributed by atoms with E-state index >= 15 is 0 Å². The Morgan fingerprint density at radius 2 is 1.09 bits per heavy atom. The van der Waals surface area contributed by atoms with Gasteiger partial charge in [-0.05, 0) is 6.07 Å². The molecule has 1 aromatic rings. The van der Waals surface area contributed by atoms with Gasteiger partial charge in [-0.15, -0.1) is 11.3 Å². The van der Waals surface area contributed by atoms with Crippen molar-refractivity contribution in [2.24, 2.45) is 0 Å². The highest BCUT2D eigenvalue weighted by atomic mass is 32.3. The van der Waals surface area contributed by atoms with E-state index in [-0.39, 0.29) is 0 Å². The molecule has 1 heterocycles. The first-order chi connectivity index (χ1) is 13.9. The molecule has 1 aromatic heterocycles. The van der Waals surface area contributed by atoms with Crippen LogP contribution >= 0.6 is 11.3 Å². The highest BCUT2D eigenvalue weighted by Crippen LogP contribution is 2.46. The molecule has 0 radical (unpaired) electrons. The largest absolute Gasteiger partial charge is 0.455 e. The van der Waals surface area contributed by atoms with Crippen LogP contribution < -0.4 is 5.73 Å². The van der Waals surface area contributed by atoms with Crippen LogP contribution in [0.15, 0.2) is 15.2 Å². The molecule has 0 fully saturated rings. The van der Waals surface area contributed by atoms with Crippen LogP contribution in [0.25, 0.3) is 0 Å². The van der Waals surface area contributed by atoms with Crippen molar-refractivity contribution in [3.8, 4) is 0 Å². The number of thiophene rings is 1. The summed E-state index contributed by atoms with van der Waals surface area (Å²) in [6.45, 7) is 0. The van der Waals surface area contributed by atoms with E-state index in [9.17, 15) is 69.5 Å². The van der Waals surface area contributed by atoms with Crippen LogP contribution in [0.1, 0.15) is 0 Å². The Kier molecular flexibility index (Phi) is 7.45. The molecule has 2 atom stereocenters. The Morgan fingerprint density at radius 3 is 1.41 bits per heavy atom. The van der Waals surface area contributed by atoms with E-state index in [0.29, 0.717) is 0 Å². The number of alkyl halides is 12. The lowest BCUT2D eigenvalue weighted by atomic mass is 10.3. The summed E-state index contributed by atoms with van der Waals surface area (Å²) in [5.74, 6) is -12.4. The molecule has 188 valence electrons. The van der Waals surface area contributed by atoms with Gasteiger partial charge in [-0.25, -0.2) is 25.9 Å². The van der Waals surface area contributed by atoms with E-state index in [2.05, 4.69) is 8.37 Å². The summed E-state index contributed by atoms with van der Waals surface area (Å²) in [7, 11) is -12.7. The fraction of sp³-hybridized carbons (Fsp3) is 0.600. The summed E-state index contributed by atoms with van der Waals surface area (Å²) < 4.78 is 202. The van der Waals surface area contributed by atoms with Gasteiger partial charge in [0.15, 0.2) is 4.21 Å². The van der Waals surface area contributed by atoms with Crippen LogP contribution in [0.3, 0.4) is 0 Å². The molecule has 22 heteroatoms. The van der Waals surface area contributed by atoms with Crippen LogP contribution in [0, 0.1) is 0 Å². The number of hydrogen-bond donors (Lipinski definition) is 1. The summed E-state index contributed by atoms with van der Waals surface area (Å²) in [4.78, 5) is -2.02. The third-order valence-corrected chi connectivity index (χ3v) is 7.18. The molecule has 2 N–H and O–H groups in total. The van der Waals surface area contributed by atoms with E-state index in [4.69, 9.17) is 5.73 Å². The molecule has 0 aliphatic rings. The minimum Gasteiger partial charge on any atom is -0.389 e. The van der Waals surface area contributed by atoms with Crippen molar-refractivity contribution in [1.82, 2.24) is 0 Å². The highest BCUT2D eigenvalue weighted by Gasteiger charge is 2.68. The van der Waals surface area contributed by atoms with Gasteiger partial charge in [0.05, 0.1) is 0 Å². The van der Waals surface area contributed by atoms with Gasteiger partial charge in [0.1, 0.15) is 9.90 Å². The first kappa shape index (κ1) is 28.5. The van der Waals surface area contributed by atoms with E-state index in [1.807, 2.05) is 0 Å². The van der Waals surface area contributed by atoms with Gasteiger partial charge in [0, 0.05) is 0 Å². The van der Waals surface area contributed by atoms with Crippen LogP contribution in [-0.2, 0) is 28.6 Å². The molecule has 7 nitrogen and oxygen atoms in total. The van der Waals surface area contributed by atoms with Gasteiger partial charge in [-0.2, -0.15) is 52.0 Å². The van der Waals surface area contributed by atoms with Crippen LogP contribution in [0.2, 0.25) is 0 Å². The van der Waals surface area contributed by atoms with Crippen molar-refractivity contribution in [3.63, 3.8) is 0 Å². The fourth-order valence-electron chi connectivity index (χ4n) is 1.50. The smallest absolute Gasteiger partial charge is 0.389 e. The first-order valence-corrected chi connectivity index (χ1v) is 10.4. The Morgan fingerprint density at radius 1 is 0.750 bits per heavy atom. The number of halogens is 12. The predicted octanol–water partition coefficient (Wildman–Crippen LogP) is 3.73. The van der Waals surface area contributed by atoms with Crippen molar-refractivity contribution >= 4 is 36.6 Å². The lowest BCUT2D eigenvalue weighted by Crippen LogP contribution is -2.51. The Bertz CT molecular complexity index is 1050. The van der Waals surface area contributed by atoms with Crippen molar-refractivity contribution in [3.05, 3.63) is 6.07 Å². The molecule has 2 unspecified atom stereocenters. The fourth-order valence-corrected chi connectivity index (χ4v) is 5.33. The second-order valence-electron chi connectivity index (χ2n) is 5.26. The second kappa shape index (κ2) is 8.36. The molecule has 0 aliphatic heterocycles. The predicted molar refractivity (Wildman–Crippen MR) is 77.1 cm³/mol. The summed E-state index contributed by atoms with van der Waals surface area (Å²) >= 11 is -0.711. The minimum atomic E-state index is -6.69. The van der Waals surface area contributed by atoms with Gasteiger partial charge >= 0.3 is 57.1 Å². The maximum absolute atomic E-state index is 13.5. The molecule has 0 aliphatic carbocycles. The summed E-state index contributed by atoms with van der Waals surface area (Å²) in [5.41, 5.74) is 4.92. The standard InChI is InChI=1S/C10H5F12NO6S3/c11-5(12)7(15,9(17,18)19)28-31(24,25)2-1-3(30-4(2)23)32(26,27)29-8(16,6(13)14)10(20,21)22/h1,5-6H,23H2. The van der Waals surface area contributed by atoms with E-state index in [0.717, 1.165) is 0 Å². The SMILES string of the molecule is Nc1sc(S(=O)(=O)OC(F)(C(F)F)C(F)(F)F)cc1S(=O)(=O)OC(F)(C(F)F)C(F)(F)F. The summed E-state index contributed by atoms with van der Waals surface area (Å²) in [6, 6.07) is -0.519. The van der Waals surface area contributed by atoms with Crippen LogP contribution in [0.5, 0.6) is 0 Å². The third kappa shape index (κ3) is 5.17. The number of anilines is 1. The van der Waals surface area contributed by atoms with Gasteiger partial charge in [-0.3, -0.25) is 0 Å². The number of rotatable bonds is 8. The summed E-state index contributed by atoms with van der Waals surface area (Å²) in [5, 5.41) is -1.53. The van der Waals surface area contributed by atoms with E-state index in [1.165, 1.54) is 0 Å². The third-order valence-electron chi connectivity index (χ3n) is 3.01. The van der Waals surface area contributed by atoms with Gasteiger partial charge in [0.2, 0.25) is 0 Å². The average Bonchev–Trinajstić information content (AvgIpc) is 2.95. The Hall–Kier alpha value is -1.52. The molecule has 0 saturated heterocycles. The zero-order valence-corrected chi connectivity index (χ0v) is 16.5. The van der Waals surface area contributed by atoms with Crippen molar-refractivity contribution in [2.45, 2.75) is 46.0 Å². The molecule has 32 heavy (non-hydrogen) atoms. The van der Waals surface area contributed by atoms with Gasteiger partial charge in [-0.1, -0.05) is 0 Å². The van der Waals surface area contributed by atoms with Gasteiger partial charge in [0.25, 0.3) is 0 Å². The van der Waals surface area contributed by atoms with Crippen LogP contribution in [0.4, 0.5) is 57.7 Å². The summed E-state index contributed by atoms with van der Waals surface area (Å²) in [6.07, 6.45) is -23.7. The molecule has 0 aromatic carbocycles. The molecule has 0 amide bonds. The monoisotopic (exact) mass is 559 g/mol. The lowest BCUT2D eigenvalue weighted by Gasteiger charge is -2.26. The number of nitrogens with two attached hydrogens (primary N) is 1. The second-order valence-corrected chi connectivity index (χ2v) is 9.63. The zero-order chi connectivity index (χ0) is 25.7. The molecule has 0 bridgehead atoms.